The van der Waals surface area contributed by atoms with Crippen LogP contribution in [0, 0.1) is 0 Å². The van der Waals surface area contributed by atoms with E-state index in [1.54, 1.807) is 13.8 Å². The molecule has 0 aliphatic heterocycles. The molecule has 0 saturated heterocycles. The van der Waals surface area contributed by atoms with E-state index in [4.69, 9.17) is 14.6 Å². The monoisotopic (exact) mass is 468 g/mol. The van der Waals surface area contributed by atoms with E-state index in [0.717, 1.165) is 22.3 Å². The van der Waals surface area contributed by atoms with Crippen molar-refractivity contribution in [3.63, 3.8) is 0 Å². The molecule has 9 nitrogen and oxygen atoms in total. The van der Waals surface area contributed by atoms with Crippen molar-refractivity contribution in [2.24, 2.45) is 0 Å². The highest BCUT2D eigenvalue weighted by atomic mass is 16.6. The van der Waals surface area contributed by atoms with E-state index in [0.29, 0.717) is 6.42 Å². The standard InChI is InChI=1S/C25H28N2O7/c1-3-15(13-21(28)29)26-23(30)22(24(31)33-4-2)27-25(32)34-14-20-18-11-7-5-9-16(18)17-10-6-8-12-19(17)20/h5-12,15,20,22H,3-4,13-14H2,1-2H3,(H,26,30)(H,27,32)(H,28,29)/t15-,22?/m1/s1. The number of esters is 1. The molecule has 0 aromatic heterocycles. The summed E-state index contributed by atoms with van der Waals surface area (Å²) in [6.07, 6.45) is -0.942. The molecule has 3 N–H and O–H groups in total. The van der Waals surface area contributed by atoms with Crippen molar-refractivity contribution < 1.29 is 33.8 Å². The second kappa shape index (κ2) is 11.3. The Morgan fingerprint density at radius 2 is 1.50 bits per heavy atom. The van der Waals surface area contributed by atoms with E-state index in [9.17, 15) is 19.2 Å². The lowest BCUT2D eigenvalue weighted by Gasteiger charge is -2.21. The van der Waals surface area contributed by atoms with Crippen molar-refractivity contribution in [2.45, 2.75) is 44.7 Å². The van der Waals surface area contributed by atoms with Gasteiger partial charge in [0.25, 0.3) is 5.91 Å². The van der Waals surface area contributed by atoms with Gasteiger partial charge in [0.15, 0.2) is 0 Å². The van der Waals surface area contributed by atoms with Gasteiger partial charge in [0.05, 0.1) is 13.0 Å². The first-order valence-corrected chi connectivity index (χ1v) is 11.2. The van der Waals surface area contributed by atoms with Gasteiger partial charge < -0.3 is 19.9 Å². The summed E-state index contributed by atoms with van der Waals surface area (Å²) in [4.78, 5) is 48.5. The second-order valence-electron chi connectivity index (χ2n) is 7.87. The Morgan fingerprint density at radius 1 is 0.912 bits per heavy atom. The summed E-state index contributed by atoms with van der Waals surface area (Å²) < 4.78 is 10.3. The van der Waals surface area contributed by atoms with Crippen molar-refractivity contribution in [1.82, 2.24) is 10.6 Å². The number of carboxylic acid groups (broad SMARTS) is 1. The number of benzene rings is 2. The molecule has 0 saturated carbocycles. The van der Waals surface area contributed by atoms with Gasteiger partial charge in [-0.15, -0.1) is 0 Å². The highest BCUT2D eigenvalue weighted by Crippen LogP contribution is 2.44. The average Bonchev–Trinajstić information content (AvgIpc) is 3.14. The summed E-state index contributed by atoms with van der Waals surface area (Å²) in [5, 5.41) is 13.7. The van der Waals surface area contributed by atoms with Gasteiger partial charge in [-0.05, 0) is 35.6 Å². The van der Waals surface area contributed by atoms with E-state index in [-0.39, 0.29) is 25.6 Å². The first-order valence-electron chi connectivity index (χ1n) is 11.2. The number of nitrogens with one attached hydrogen (secondary N) is 2. The molecule has 0 radical (unpaired) electrons. The summed E-state index contributed by atoms with van der Waals surface area (Å²) in [5.74, 6) is -3.10. The minimum absolute atomic E-state index is 0.00130. The SMILES string of the molecule is CCOC(=O)C(NC(=O)OCC1c2ccccc2-c2ccccc21)C(=O)N[C@H](CC)CC(=O)O. The molecular formula is C25H28N2O7. The van der Waals surface area contributed by atoms with Crippen LogP contribution in [0.15, 0.2) is 48.5 Å². The molecule has 1 aliphatic carbocycles. The maximum atomic E-state index is 12.7. The Balaban J connectivity index is 1.68. The fraction of sp³-hybridized carbons (Fsp3) is 0.360. The number of carbonyl (C=O) groups is 4. The lowest BCUT2D eigenvalue weighted by atomic mass is 9.98. The van der Waals surface area contributed by atoms with Crippen LogP contribution < -0.4 is 10.6 Å². The Bertz CT molecular complexity index is 1020. The van der Waals surface area contributed by atoms with E-state index < -0.39 is 36.0 Å². The van der Waals surface area contributed by atoms with Crippen molar-refractivity contribution in [3.05, 3.63) is 59.7 Å². The van der Waals surface area contributed by atoms with Crippen LogP contribution in [0.3, 0.4) is 0 Å². The van der Waals surface area contributed by atoms with Crippen molar-refractivity contribution in [3.8, 4) is 11.1 Å². The summed E-state index contributed by atoms with van der Waals surface area (Å²) in [7, 11) is 0. The van der Waals surface area contributed by atoms with Crippen LogP contribution in [0.2, 0.25) is 0 Å². The van der Waals surface area contributed by atoms with Crippen molar-refractivity contribution in [1.29, 1.82) is 0 Å². The van der Waals surface area contributed by atoms with Gasteiger partial charge in [-0.25, -0.2) is 9.59 Å². The number of hydrogen-bond acceptors (Lipinski definition) is 6. The zero-order valence-corrected chi connectivity index (χ0v) is 19.1. The predicted molar refractivity (Wildman–Crippen MR) is 123 cm³/mol. The lowest BCUT2D eigenvalue weighted by molar-refractivity contribution is -0.149. The van der Waals surface area contributed by atoms with Crippen LogP contribution in [0.4, 0.5) is 4.79 Å². The summed E-state index contributed by atoms with van der Waals surface area (Å²) in [5.41, 5.74) is 4.19. The minimum Gasteiger partial charge on any atom is -0.481 e. The third-order valence-electron chi connectivity index (χ3n) is 5.65. The molecule has 1 unspecified atom stereocenters. The largest absolute Gasteiger partial charge is 0.481 e. The van der Waals surface area contributed by atoms with Crippen LogP contribution in [0.5, 0.6) is 0 Å². The molecule has 1 aliphatic rings. The number of alkyl carbamates (subject to hydrolysis) is 1. The van der Waals surface area contributed by atoms with Gasteiger partial charge in [0.1, 0.15) is 6.61 Å². The van der Waals surface area contributed by atoms with Gasteiger partial charge in [-0.3, -0.25) is 14.9 Å². The van der Waals surface area contributed by atoms with Gasteiger partial charge >= 0.3 is 18.0 Å². The van der Waals surface area contributed by atoms with Gasteiger partial charge in [0, 0.05) is 12.0 Å². The molecule has 9 heteroatoms. The smallest absolute Gasteiger partial charge is 0.408 e. The number of amides is 2. The Labute approximate surface area is 197 Å². The zero-order valence-electron chi connectivity index (χ0n) is 19.1. The first kappa shape index (κ1) is 24.8. The molecule has 2 atom stereocenters. The topological polar surface area (TPSA) is 131 Å². The molecule has 2 amide bonds. The quantitative estimate of drug-likeness (QED) is 0.361. The lowest BCUT2D eigenvalue weighted by Crippen LogP contribution is -2.54. The number of aliphatic carboxylic acids is 1. The molecule has 0 bridgehead atoms. The average molecular weight is 469 g/mol. The predicted octanol–water partition coefficient (Wildman–Crippen LogP) is 2.83. The summed E-state index contributed by atoms with van der Waals surface area (Å²) in [6.45, 7) is 3.28. The highest BCUT2D eigenvalue weighted by molar-refractivity contribution is 6.04. The number of ether oxygens (including phenoxy) is 2. The number of fused-ring (bicyclic) bond motifs is 3. The van der Waals surface area contributed by atoms with E-state index in [1.165, 1.54) is 0 Å². The summed E-state index contributed by atoms with van der Waals surface area (Å²) in [6, 6.07) is 13.3. The normalized spacial score (nSPS) is 13.7. The maximum Gasteiger partial charge on any atom is 0.408 e. The molecule has 0 heterocycles. The van der Waals surface area contributed by atoms with Crippen LogP contribution in [0.25, 0.3) is 11.1 Å². The summed E-state index contributed by atoms with van der Waals surface area (Å²) >= 11 is 0. The fourth-order valence-corrected chi connectivity index (χ4v) is 4.01. The molecular weight excluding hydrogens is 440 g/mol. The van der Waals surface area contributed by atoms with Crippen LogP contribution in [-0.4, -0.2) is 54.3 Å². The third kappa shape index (κ3) is 5.72. The third-order valence-corrected chi connectivity index (χ3v) is 5.65. The zero-order chi connectivity index (χ0) is 24.7. The van der Waals surface area contributed by atoms with Crippen LogP contribution >= 0.6 is 0 Å². The molecule has 0 spiro atoms. The highest BCUT2D eigenvalue weighted by Gasteiger charge is 2.33. The molecule has 2 aromatic rings. The number of carbonyl (C=O) groups excluding carboxylic acids is 3. The van der Waals surface area contributed by atoms with Gasteiger partial charge in [-0.2, -0.15) is 0 Å². The molecule has 0 fully saturated rings. The van der Waals surface area contributed by atoms with Crippen molar-refractivity contribution in [2.75, 3.05) is 13.2 Å². The van der Waals surface area contributed by atoms with E-state index in [1.807, 2.05) is 48.5 Å². The number of hydrogen-bond donors (Lipinski definition) is 3. The van der Waals surface area contributed by atoms with Crippen LogP contribution in [-0.2, 0) is 23.9 Å². The van der Waals surface area contributed by atoms with Gasteiger partial charge in [0.2, 0.25) is 6.04 Å². The molecule has 180 valence electrons. The van der Waals surface area contributed by atoms with Crippen molar-refractivity contribution >= 4 is 23.9 Å². The van der Waals surface area contributed by atoms with E-state index in [2.05, 4.69) is 10.6 Å². The molecule has 34 heavy (non-hydrogen) atoms. The fourth-order valence-electron chi connectivity index (χ4n) is 4.01. The first-order chi connectivity index (χ1) is 16.3. The Morgan fingerprint density at radius 3 is 2.03 bits per heavy atom. The number of carboxylic acids is 1. The molecule has 2 aromatic carbocycles. The second-order valence-corrected chi connectivity index (χ2v) is 7.87. The maximum absolute atomic E-state index is 12.7. The van der Waals surface area contributed by atoms with E-state index >= 15 is 0 Å². The van der Waals surface area contributed by atoms with Gasteiger partial charge in [-0.1, -0.05) is 55.5 Å². The number of rotatable bonds is 10. The Kier molecular flexibility index (Phi) is 8.24. The minimum atomic E-state index is -1.67. The van der Waals surface area contributed by atoms with Crippen LogP contribution in [0.1, 0.15) is 43.7 Å². The molecule has 3 rings (SSSR count). The Hall–Kier alpha value is -3.88.